The molecule has 2 amide bonds. The first-order chi connectivity index (χ1) is 13.0. The summed E-state index contributed by atoms with van der Waals surface area (Å²) < 4.78 is 4.50. The Morgan fingerprint density at radius 3 is 2.19 bits per heavy atom. The average Bonchev–Trinajstić information content (AvgIpc) is 3.22. The van der Waals surface area contributed by atoms with Crippen molar-refractivity contribution in [3.05, 3.63) is 64.7 Å². The lowest BCUT2D eigenvalue weighted by Crippen LogP contribution is -2.03. The fourth-order valence-corrected chi connectivity index (χ4v) is 3.07. The lowest BCUT2D eigenvalue weighted by Gasteiger charge is -2.01. The molecule has 138 valence electrons. The topological polar surface area (TPSA) is 84.5 Å². The molecule has 2 N–H and O–H groups in total. The molecular formula is C21H20N2O4. The number of amides is 2. The molecular weight excluding hydrogens is 344 g/mol. The minimum absolute atomic E-state index is 0.0195. The van der Waals surface area contributed by atoms with Gasteiger partial charge in [-0.1, -0.05) is 24.3 Å². The van der Waals surface area contributed by atoms with Crippen LogP contribution in [0.2, 0.25) is 0 Å². The van der Waals surface area contributed by atoms with E-state index in [2.05, 4.69) is 15.4 Å². The molecule has 0 atom stereocenters. The van der Waals surface area contributed by atoms with Crippen molar-refractivity contribution in [2.45, 2.75) is 19.8 Å². The van der Waals surface area contributed by atoms with E-state index < -0.39 is 5.97 Å². The maximum absolute atomic E-state index is 11.2. The van der Waals surface area contributed by atoms with Crippen LogP contribution in [0.5, 0.6) is 0 Å². The first kappa shape index (κ1) is 18.4. The quantitative estimate of drug-likeness (QED) is 0.634. The van der Waals surface area contributed by atoms with Crippen molar-refractivity contribution >= 4 is 35.2 Å². The molecule has 0 saturated heterocycles. The third-order valence-electron chi connectivity index (χ3n) is 4.45. The highest BCUT2D eigenvalue weighted by Crippen LogP contribution is 2.27. The summed E-state index contributed by atoms with van der Waals surface area (Å²) in [4.78, 5) is 33.1. The minimum atomic E-state index is -0.408. The van der Waals surface area contributed by atoms with Gasteiger partial charge < -0.3 is 15.4 Å². The maximum atomic E-state index is 11.2. The normalized spacial score (nSPS) is 14.0. The molecule has 4 rings (SSSR count). The van der Waals surface area contributed by atoms with E-state index in [1.54, 1.807) is 6.08 Å². The van der Waals surface area contributed by atoms with Crippen LogP contribution in [-0.4, -0.2) is 24.9 Å². The highest BCUT2D eigenvalue weighted by Gasteiger charge is 2.19. The number of hydrogen-bond donors (Lipinski definition) is 2. The fraction of sp³-hybridized carbons (Fsp3) is 0.190. The van der Waals surface area contributed by atoms with Crippen molar-refractivity contribution in [1.29, 1.82) is 0 Å². The van der Waals surface area contributed by atoms with E-state index in [1.807, 2.05) is 43.3 Å². The van der Waals surface area contributed by atoms with E-state index in [9.17, 15) is 14.4 Å². The largest absolute Gasteiger partial charge is 0.466 e. The molecule has 0 aromatic heterocycles. The summed E-state index contributed by atoms with van der Waals surface area (Å²) in [5.74, 6) is -0.321. The van der Waals surface area contributed by atoms with Gasteiger partial charge in [-0.3, -0.25) is 9.59 Å². The van der Waals surface area contributed by atoms with Crippen LogP contribution in [-0.2, 0) is 32.0 Å². The Hall–Kier alpha value is -3.41. The number of nitrogens with one attached hydrogen (secondary N) is 2. The number of fused-ring (bicyclic) bond motifs is 2. The third-order valence-corrected chi connectivity index (χ3v) is 4.45. The Morgan fingerprint density at radius 1 is 0.963 bits per heavy atom. The number of benzene rings is 2. The summed E-state index contributed by atoms with van der Waals surface area (Å²) in [7, 11) is 1.33. The van der Waals surface area contributed by atoms with Crippen molar-refractivity contribution < 1.29 is 19.1 Å². The Kier molecular flexibility index (Phi) is 5.35. The fourth-order valence-electron chi connectivity index (χ4n) is 3.07. The lowest BCUT2D eigenvalue weighted by molar-refractivity contribution is -0.134. The summed E-state index contributed by atoms with van der Waals surface area (Å²) in [5.41, 5.74) is 5.93. The zero-order chi connectivity index (χ0) is 19.4. The minimum Gasteiger partial charge on any atom is -0.466 e. The summed E-state index contributed by atoms with van der Waals surface area (Å²) in [6.45, 7) is 2.03. The first-order valence-corrected chi connectivity index (χ1v) is 8.54. The summed E-state index contributed by atoms with van der Waals surface area (Å²) in [5, 5.41) is 5.55. The highest BCUT2D eigenvalue weighted by molar-refractivity contribution is 6.01. The Balaban J connectivity index is 0.000000166. The summed E-state index contributed by atoms with van der Waals surface area (Å²) in [6, 6.07) is 11.5. The summed E-state index contributed by atoms with van der Waals surface area (Å²) in [6.07, 6.45) is 3.91. The number of methoxy groups -OCH3 is 1. The zero-order valence-corrected chi connectivity index (χ0v) is 15.2. The van der Waals surface area contributed by atoms with E-state index in [0.29, 0.717) is 12.8 Å². The van der Waals surface area contributed by atoms with Gasteiger partial charge in [0, 0.05) is 17.5 Å². The Morgan fingerprint density at radius 2 is 1.56 bits per heavy atom. The van der Waals surface area contributed by atoms with Crippen LogP contribution >= 0.6 is 0 Å². The molecule has 2 heterocycles. The van der Waals surface area contributed by atoms with Crippen molar-refractivity contribution in [3.8, 4) is 0 Å². The van der Waals surface area contributed by atoms with Crippen LogP contribution in [0.3, 0.4) is 0 Å². The van der Waals surface area contributed by atoms with Crippen LogP contribution in [0.25, 0.3) is 6.08 Å². The van der Waals surface area contributed by atoms with Gasteiger partial charge in [-0.25, -0.2) is 4.79 Å². The monoisotopic (exact) mass is 364 g/mol. The second-order valence-electron chi connectivity index (χ2n) is 6.28. The van der Waals surface area contributed by atoms with Gasteiger partial charge in [-0.15, -0.1) is 0 Å². The lowest BCUT2D eigenvalue weighted by atomic mass is 10.0. The van der Waals surface area contributed by atoms with Crippen LogP contribution in [0.4, 0.5) is 11.4 Å². The van der Waals surface area contributed by atoms with Gasteiger partial charge in [0.1, 0.15) is 0 Å². The van der Waals surface area contributed by atoms with Gasteiger partial charge in [0.15, 0.2) is 0 Å². The Labute approximate surface area is 157 Å². The Bertz CT molecular complexity index is 947. The SMILES string of the molecule is COC(=O)/C=C/c1cccc2c1CC(=O)N2.Cc1cccc2c1CC(=O)N2. The number of carbonyl (C=O) groups is 3. The number of carbonyl (C=O) groups excluding carboxylic acids is 3. The number of ether oxygens (including phenoxy) is 1. The van der Waals surface area contributed by atoms with E-state index >= 15 is 0 Å². The van der Waals surface area contributed by atoms with Gasteiger partial charge in [-0.2, -0.15) is 0 Å². The molecule has 6 heteroatoms. The molecule has 6 nitrogen and oxygen atoms in total. The smallest absolute Gasteiger partial charge is 0.330 e. The van der Waals surface area contributed by atoms with E-state index in [0.717, 1.165) is 28.1 Å². The molecule has 2 aromatic rings. The van der Waals surface area contributed by atoms with Gasteiger partial charge in [0.05, 0.1) is 20.0 Å². The molecule has 2 aliphatic rings. The standard InChI is InChI=1S/C12H11NO3.C9H9NO/c1-16-12(15)6-5-8-3-2-4-10-9(8)7-11(14)13-10;1-6-3-2-4-8-7(6)5-9(11)10-8/h2-6H,7H2,1H3,(H,13,14);2-4H,5H2,1H3,(H,10,11)/b6-5+;. The zero-order valence-electron chi connectivity index (χ0n) is 15.2. The molecule has 0 saturated carbocycles. The molecule has 27 heavy (non-hydrogen) atoms. The van der Waals surface area contributed by atoms with Crippen LogP contribution in [0.1, 0.15) is 22.3 Å². The highest BCUT2D eigenvalue weighted by atomic mass is 16.5. The molecule has 0 aliphatic carbocycles. The van der Waals surface area contributed by atoms with Gasteiger partial charge in [0.2, 0.25) is 11.8 Å². The third kappa shape index (κ3) is 4.23. The van der Waals surface area contributed by atoms with E-state index in [4.69, 9.17) is 0 Å². The molecule has 0 bridgehead atoms. The number of hydrogen-bond acceptors (Lipinski definition) is 4. The van der Waals surface area contributed by atoms with Crippen molar-refractivity contribution in [3.63, 3.8) is 0 Å². The summed E-state index contributed by atoms with van der Waals surface area (Å²) >= 11 is 0. The second kappa shape index (κ2) is 7.86. The number of aryl methyl sites for hydroxylation is 1. The molecule has 2 aliphatic heterocycles. The maximum Gasteiger partial charge on any atom is 0.330 e. The van der Waals surface area contributed by atoms with Crippen LogP contribution in [0.15, 0.2) is 42.5 Å². The predicted molar refractivity (Wildman–Crippen MR) is 103 cm³/mol. The average molecular weight is 364 g/mol. The van der Waals surface area contributed by atoms with E-state index in [1.165, 1.54) is 18.7 Å². The van der Waals surface area contributed by atoms with Gasteiger partial charge in [-0.05, 0) is 47.4 Å². The van der Waals surface area contributed by atoms with Crippen molar-refractivity contribution in [1.82, 2.24) is 0 Å². The van der Waals surface area contributed by atoms with Crippen LogP contribution < -0.4 is 10.6 Å². The molecule has 2 aromatic carbocycles. The molecule has 0 unspecified atom stereocenters. The second-order valence-corrected chi connectivity index (χ2v) is 6.28. The number of esters is 1. The first-order valence-electron chi connectivity index (χ1n) is 8.54. The number of rotatable bonds is 2. The molecule has 0 radical (unpaired) electrons. The predicted octanol–water partition coefficient (Wildman–Crippen LogP) is 2.86. The van der Waals surface area contributed by atoms with Gasteiger partial charge >= 0.3 is 5.97 Å². The van der Waals surface area contributed by atoms with Gasteiger partial charge in [0.25, 0.3) is 0 Å². The van der Waals surface area contributed by atoms with Crippen molar-refractivity contribution in [2.75, 3.05) is 17.7 Å². The van der Waals surface area contributed by atoms with E-state index in [-0.39, 0.29) is 11.8 Å². The van der Waals surface area contributed by atoms with Crippen molar-refractivity contribution in [2.24, 2.45) is 0 Å². The number of anilines is 2. The molecule has 0 fully saturated rings. The molecule has 0 spiro atoms. The van der Waals surface area contributed by atoms with Crippen LogP contribution in [0, 0.1) is 6.92 Å².